The van der Waals surface area contributed by atoms with Crippen molar-refractivity contribution < 1.29 is 9.84 Å². The highest BCUT2D eigenvalue weighted by atomic mass is 79.9. The standard InChI is InChI=1S/C15H21Br2NO2/c1-11-4-2-3-7-18(11)9-13(19)10-20-15-6-5-12(16)8-14(15)17/h5-6,8,11,13,19H,2-4,7,9-10H2,1H3. The Morgan fingerprint density at radius 3 is 2.90 bits per heavy atom. The summed E-state index contributed by atoms with van der Waals surface area (Å²) in [5.74, 6) is 0.763. The van der Waals surface area contributed by atoms with Crippen molar-refractivity contribution in [1.82, 2.24) is 4.90 Å². The van der Waals surface area contributed by atoms with E-state index in [-0.39, 0.29) is 0 Å². The van der Waals surface area contributed by atoms with Gasteiger partial charge in [0.15, 0.2) is 0 Å². The van der Waals surface area contributed by atoms with Gasteiger partial charge in [-0.05, 0) is 60.4 Å². The van der Waals surface area contributed by atoms with Crippen molar-refractivity contribution in [2.75, 3.05) is 19.7 Å². The monoisotopic (exact) mass is 405 g/mol. The van der Waals surface area contributed by atoms with Gasteiger partial charge in [0, 0.05) is 17.1 Å². The summed E-state index contributed by atoms with van der Waals surface area (Å²) in [6, 6.07) is 6.33. The Kier molecular flexibility index (Phi) is 6.33. The molecular formula is C15H21Br2NO2. The first-order chi connectivity index (χ1) is 9.56. The van der Waals surface area contributed by atoms with Gasteiger partial charge >= 0.3 is 0 Å². The van der Waals surface area contributed by atoms with Crippen LogP contribution in [0.25, 0.3) is 0 Å². The van der Waals surface area contributed by atoms with Gasteiger partial charge in [-0.1, -0.05) is 22.4 Å². The van der Waals surface area contributed by atoms with Crippen LogP contribution >= 0.6 is 31.9 Å². The van der Waals surface area contributed by atoms with E-state index in [1.165, 1.54) is 19.3 Å². The number of β-amino-alcohol motifs (C(OH)–C–C–N with tert-alkyl or cyclic N) is 1. The largest absolute Gasteiger partial charge is 0.490 e. The molecule has 20 heavy (non-hydrogen) atoms. The maximum absolute atomic E-state index is 10.1. The second-order valence-electron chi connectivity index (χ2n) is 5.38. The lowest BCUT2D eigenvalue weighted by atomic mass is 10.0. The molecule has 0 amide bonds. The lowest BCUT2D eigenvalue weighted by Gasteiger charge is -2.34. The molecule has 0 saturated carbocycles. The van der Waals surface area contributed by atoms with E-state index in [2.05, 4.69) is 43.7 Å². The van der Waals surface area contributed by atoms with E-state index < -0.39 is 6.10 Å². The molecule has 1 saturated heterocycles. The van der Waals surface area contributed by atoms with E-state index in [1.807, 2.05) is 18.2 Å². The van der Waals surface area contributed by atoms with Crippen LogP contribution in [0.3, 0.4) is 0 Å². The lowest BCUT2D eigenvalue weighted by molar-refractivity contribution is 0.0436. The summed E-state index contributed by atoms with van der Waals surface area (Å²) < 4.78 is 7.58. The summed E-state index contributed by atoms with van der Waals surface area (Å²) in [4.78, 5) is 2.36. The van der Waals surface area contributed by atoms with E-state index in [0.717, 1.165) is 21.2 Å². The third-order valence-electron chi connectivity index (χ3n) is 3.71. The van der Waals surface area contributed by atoms with Crippen LogP contribution in [0.5, 0.6) is 5.75 Å². The fourth-order valence-corrected chi connectivity index (χ4v) is 3.69. The van der Waals surface area contributed by atoms with E-state index in [1.54, 1.807) is 0 Å². The predicted octanol–water partition coefficient (Wildman–Crippen LogP) is 3.83. The number of hydrogen-bond acceptors (Lipinski definition) is 3. The first-order valence-electron chi connectivity index (χ1n) is 7.06. The Labute approximate surface area is 137 Å². The van der Waals surface area contributed by atoms with E-state index in [4.69, 9.17) is 4.74 Å². The number of halogens is 2. The van der Waals surface area contributed by atoms with Gasteiger partial charge in [-0.2, -0.15) is 0 Å². The smallest absolute Gasteiger partial charge is 0.133 e. The third kappa shape index (κ3) is 4.72. The minimum absolute atomic E-state index is 0.323. The molecule has 1 aliphatic rings. The molecule has 1 N–H and O–H groups in total. The van der Waals surface area contributed by atoms with Crippen LogP contribution in [-0.2, 0) is 0 Å². The number of rotatable bonds is 5. The quantitative estimate of drug-likeness (QED) is 0.806. The average molecular weight is 407 g/mol. The normalized spacial score (nSPS) is 21.7. The van der Waals surface area contributed by atoms with Crippen molar-refractivity contribution in [2.24, 2.45) is 0 Å². The summed E-state index contributed by atoms with van der Waals surface area (Å²) in [5, 5.41) is 10.1. The number of piperidine rings is 1. The van der Waals surface area contributed by atoms with Crippen LogP contribution in [0.1, 0.15) is 26.2 Å². The van der Waals surface area contributed by atoms with Crippen LogP contribution in [0.2, 0.25) is 0 Å². The zero-order chi connectivity index (χ0) is 14.5. The van der Waals surface area contributed by atoms with E-state index in [9.17, 15) is 5.11 Å². The van der Waals surface area contributed by atoms with Gasteiger partial charge in [0.25, 0.3) is 0 Å². The average Bonchev–Trinajstić information content (AvgIpc) is 2.40. The molecule has 2 atom stereocenters. The van der Waals surface area contributed by atoms with Crippen molar-refractivity contribution in [1.29, 1.82) is 0 Å². The molecule has 1 aromatic carbocycles. The highest BCUT2D eigenvalue weighted by Crippen LogP contribution is 2.28. The zero-order valence-corrected chi connectivity index (χ0v) is 14.9. The maximum atomic E-state index is 10.1. The van der Waals surface area contributed by atoms with Gasteiger partial charge in [-0.15, -0.1) is 0 Å². The van der Waals surface area contributed by atoms with Crippen molar-refractivity contribution in [2.45, 2.75) is 38.3 Å². The molecule has 0 aromatic heterocycles. The highest BCUT2D eigenvalue weighted by Gasteiger charge is 2.21. The molecular weight excluding hydrogens is 386 g/mol. The Morgan fingerprint density at radius 1 is 1.40 bits per heavy atom. The summed E-state index contributed by atoms with van der Waals surface area (Å²) >= 11 is 6.87. The molecule has 2 rings (SSSR count). The summed E-state index contributed by atoms with van der Waals surface area (Å²) in [5.41, 5.74) is 0. The second kappa shape index (κ2) is 7.78. The Balaban J connectivity index is 1.81. The molecule has 5 heteroatoms. The van der Waals surface area contributed by atoms with E-state index >= 15 is 0 Å². The molecule has 1 fully saturated rings. The van der Waals surface area contributed by atoms with Gasteiger partial charge in [0.1, 0.15) is 18.5 Å². The Morgan fingerprint density at radius 2 is 2.20 bits per heavy atom. The number of aliphatic hydroxyl groups is 1. The lowest BCUT2D eigenvalue weighted by Crippen LogP contribution is -2.43. The first-order valence-corrected chi connectivity index (χ1v) is 8.65. The van der Waals surface area contributed by atoms with Gasteiger partial charge in [0.2, 0.25) is 0 Å². The fraction of sp³-hybridized carbons (Fsp3) is 0.600. The number of likely N-dealkylation sites (tertiary alicyclic amines) is 1. The molecule has 112 valence electrons. The Hall–Kier alpha value is -0.100. The van der Waals surface area contributed by atoms with Crippen LogP contribution in [-0.4, -0.2) is 41.8 Å². The summed E-state index contributed by atoms with van der Waals surface area (Å²) in [6.07, 6.45) is 3.31. The second-order valence-corrected chi connectivity index (χ2v) is 7.15. The van der Waals surface area contributed by atoms with Crippen molar-refractivity contribution in [3.05, 3.63) is 27.1 Å². The van der Waals surface area contributed by atoms with Crippen molar-refractivity contribution in [3.63, 3.8) is 0 Å². The van der Waals surface area contributed by atoms with Gasteiger partial charge < -0.3 is 9.84 Å². The molecule has 1 aliphatic heterocycles. The number of hydrogen-bond donors (Lipinski definition) is 1. The molecule has 3 nitrogen and oxygen atoms in total. The molecule has 0 bridgehead atoms. The molecule has 1 aromatic rings. The molecule has 1 heterocycles. The van der Waals surface area contributed by atoms with Gasteiger partial charge in [0.05, 0.1) is 4.47 Å². The van der Waals surface area contributed by atoms with Crippen molar-refractivity contribution in [3.8, 4) is 5.75 Å². The topological polar surface area (TPSA) is 32.7 Å². The SMILES string of the molecule is CC1CCCCN1CC(O)COc1ccc(Br)cc1Br. The highest BCUT2D eigenvalue weighted by molar-refractivity contribution is 9.11. The molecule has 0 aliphatic carbocycles. The zero-order valence-electron chi connectivity index (χ0n) is 11.7. The number of ether oxygens (including phenoxy) is 1. The minimum atomic E-state index is -0.453. The number of benzene rings is 1. The molecule has 2 unspecified atom stereocenters. The van der Waals surface area contributed by atoms with Crippen LogP contribution in [0.4, 0.5) is 0 Å². The third-order valence-corrected chi connectivity index (χ3v) is 4.82. The molecule has 0 spiro atoms. The minimum Gasteiger partial charge on any atom is -0.490 e. The van der Waals surface area contributed by atoms with Gasteiger partial charge in [-0.25, -0.2) is 0 Å². The van der Waals surface area contributed by atoms with Gasteiger partial charge in [-0.3, -0.25) is 4.90 Å². The van der Waals surface area contributed by atoms with Crippen LogP contribution < -0.4 is 4.74 Å². The Bertz CT molecular complexity index is 442. The van der Waals surface area contributed by atoms with Crippen molar-refractivity contribution >= 4 is 31.9 Å². The van der Waals surface area contributed by atoms with E-state index in [0.29, 0.717) is 19.2 Å². The number of aliphatic hydroxyl groups excluding tert-OH is 1. The predicted molar refractivity (Wildman–Crippen MR) is 88.2 cm³/mol. The number of nitrogens with zero attached hydrogens (tertiary/aromatic N) is 1. The van der Waals surface area contributed by atoms with Crippen LogP contribution in [0.15, 0.2) is 27.1 Å². The fourth-order valence-electron chi connectivity index (χ4n) is 2.53. The van der Waals surface area contributed by atoms with Crippen LogP contribution in [0, 0.1) is 0 Å². The maximum Gasteiger partial charge on any atom is 0.133 e. The summed E-state index contributed by atoms with van der Waals surface area (Å²) in [7, 11) is 0. The molecule has 0 radical (unpaired) electrons. The summed E-state index contributed by atoms with van der Waals surface area (Å²) in [6.45, 7) is 4.33. The first kappa shape index (κ1) is 16.3.